The number of rotatable bonds is 6. The molecule has 5 aromatic carbocycles. The fourth-order valence-corrected chi connectivity index (χ4v) is 4.57. The number of nitrogens with one attached hydrogen (secondary N) is 3. The van der Waals surface area contributed by atoms with Crippen molar-refractivity contribution >= 4 is 55.9 Å². The van der Waals surface area contributed by atoms with Gasteiger partial charge in [-0.25, -0.2) is 0 Å². The molecule has 0 aliphatic carbocycles. The van der Waals surface area contributed by atoms with Crippen LogP contribution in [0.15, 0.2) is 119 Å². The summed E-state index contributed by atoms with van der Waals surface area (Å²) in [5.41, 5.74) is 8.93. The van der Waals surface area contributed by atoms with E-state index in [4.69, 9.17) is 10.1 Å². The molecule has 1 aliphatic heterocycles. The molecule has 1 aliphatic rings. The van der Waals surface area contributed by atoms with E-state index in [-0.39, 0.29) is 17.3 Å². The maximum Gasteiger partial charge on any atom is 0.269 e. The summed E-state index contributed by atoms with van der Waals surface area (Å²) in [5.74, 6) is -0.162. The smallest absolute Gasteiger partial charge is 0.269 e. The zero-order valence-corrected chi connectivity index (χ0v) is 20.5. The molecule has 39 heavy (non-hydrogen) atoms. The Morgan fingerprint density at radius 3 is 1.85 bits per heavy atom. The molecular weight excluding hydrogens is 492 g/mol. The van der Waals surface area contributed by atoms with Gasteiger partial charge in [0.25, 0.3) is 5.69 Å². The molecule has 0 aromatic heterocycles. The zero-order chi connectivity index (χ0) is 26.8. The first kappa shape index (κ1) is 23.8. The normalized spacial score (nSPS) is 17.0. The maximum absolute atomic E-state index is 11.2. The summed E-state index contributed by atoms with van der Waals surface area (Å²) < 4.78 is 5.90. The number of non-ortho nitro benzene ring substituents is 1. The van der Waals surface area contributed by atoms with Crippen molar-refractivity contribution in [1.29, 1.82) is 5.41 Å². The van der Waals surface area contributed by atoms with Gasteiger partial charge < -0.3 is 4.74 Å². The summed E-state index contributed by atoms with van der Waals surface area (Å²) in [6.45, 7) is 0. The van der Waals surface area contributed by atoms with Gasteiger partial charge in [0, 0.05) is 22.9 Å². The minimum atomic E-state index is -0.783. The summed E-state index contributed by atoms with van der Waals surface area (Å²) in [7, 11) is 0. The Hall–Kier alpha value is -5.57. The standard InChI is InChI=1S/C30H22N6O3/c31-30-28(35-33-26-14-6-10-20-8-2-4-12-24(20)26)27(29(39-30)21-15-17-22(18-16-21)36(37)38)34-32-25-13-5-9-19-7-1-3-11-23(19)25/h1-18,29,31-33H/b31-30?,34-27+,35-28+/t29-/m0/s1. The summed E-state index contributed by atoms with van der Waals surface area (Å²) >= 11 is 0. The van der Waals surface area contributed by atoms with E-state index < -0.39 is 11.0 Å². The van der Waals surface area contributed by atoms with Crippen LogP contribution in [0.4, 0.5) is 17.1 Å². The molecule has 1 fully saturated rings. The van der Waals surface area contributed by atoms with Gasteiger partial charge in [0.05, 0.1) is 16.3 Å². The van der Waals surface area contributed by atoms with Gasteiger partial charge in [-0.05, 0) is 40.6 Å². The van der Waals surface area contributed by atoms with Gasteiger partial charge >= 0.3 is 0 Å². The van der Waals surface area contributed by atoms with Crippen LogP contribution < -0.4 is 10.9 Å². The minimum Gasteiger partial charge on any atom is -0.461 e. The van der Waals surface area contributed by atoms with Crippen molar-refractivity contribution in [1.82, 2.24) is 0 Å². The van der Waals surface area contributed by atoms with Crippen LogP contribution in [-0.4, -0.2) is 22.2 Å². The second-order valence-electron chi connectivity index (χ2n) is 8.91. The lowest BCUT2D eigenvalue weighted by molar-refractivity contribution is -0.384. The quantitative estimate of drug-likeness (QED) is 0.168. The van der Waals surface area contributed by atoms with E-state index >= 15 is 0 Å². The molecule has 0 amide bonds. The fraction of sp³-hybridized carbons (Fsp3) is 0.0333. The molecule has 9 nitrogen and oxygen atoms in total. The van der Waals surface area contributed by atoms with Crippen molar-refractivity contribution in [3.05, 3.63) is 125 Å². The number of nitro groups is 1. The molecule has 1 atom stereocenters. The van der Waals surface area contributed by atoms with Crippen LogP contribution in [0.3, 0.4) is 0 Å². The average Bonchev–Trinajstić information content (AvgIpc) is 3.29. The third-order valence-corrected chi connectivity index (χ3v) is 6.51. The summed E-state index contributed by atoms with van der Waals surface area (Å²) in [5, 5.41) is 33.0. The number of hydrazone groups is 2. The number of hydrogen-bond acceptors (Lipinski definition) is 8. The van der Waals surface area contributed by atoms with E-state index in [1.165, 1.54) is 12.1 Å². The highest BCUT2D eigenvalue weighted by Gasteiger charge is 2.37. The van der Waals surface area contributed by atoms with Gasteiger partial charge in [-0.1, -0.05) is 72.8 Å². The molecule has 0 bridgehead atoms. The number of nitro benzene ring substituents is 1. The molecule has 5 aromatic rings. The molecule has 0 saturated carbocycles. The Balaban J connectivity index is 1.40. The monoisotopic (exact) mass is 514 g/mol. The largest absolute Gasteiger partial charge is 0.461 e. The third kappa shape index (κ3) is 4.64. The van der Waals surface area contributed by atoms with Crippen molar-refractivity contribution in [3.63, 3.8) is 0 Å². The maximum atomic E-state index is 11.2. The molecule has 1 heterocycles. The van der Waals surface area contributed by atoms with Gasteiger partial charge in [-0.3, -0.25) is 26.4 Å². The van der Waals surface area contributed by atoms with Crippen LogP contribution in [0, 0.1) is 15.5 Å². The number of benzene rings is 5. The van der Waals surface area contributed by atoms with Gasteiger partial charge in [-0.15, -0.1) is 0 Å². The van der Waals surface area contributed by atoms with E-state index in [0.29, 0.717) is 11.3 Å². The molecule has 0 spiro atoms. The number of nitrogens with zero attached hydrogens (tertiary/aromatic N) is 3. The first-order valence-electron chi connectivity index (χ1n) is 12.2. The van der Waals surface area contributed by atoms with Crippen molar-refractivity contribution in [2.45, 2.75) is 6.10 Å². The fourth-order valence-electron chi connectivity index (χ4n) is 4.57. The van der Waals surface area contributed by atoms with E-state index in [9.17, 15) is 10.1 Å². The number of fused-ring (bicyclic) bond motifs is 2. The van der Waals surface area contributed by atoms with E-state index in [2.05, 4.69) is 21.1 Å². The summed E-state index contributed by atoms with van der Waals surface area (Å²) in [6.07, 6.45) is -0.783. The summed E-state index contributed by atoms with van der Waals surface area (Å²) in [6, 6.07) is 33.6. The Labute approximate surface area is 223 Å². The van der Waals surface area contributed by atoms with Crippen molar-refractivity contribution in [2.24, 2.45) is 10.2 Å². The average molecular weight is 515 g/mol. The van der Waals surface area contributed by atoms with Gasteiger partial charge in [0.1, 0.15) is 5.71 Å². The molecule has 1 saturated heterocycles. The van der Waals surface area contributed by atoms with E-state index in [0.717, 1.165) is 32.9 Å². The molecule has 0 radical (unpaired) electrons. The first-order valence-corrected chi connectivity index (χ1v) is 12.2. The molecule has 190 valence electrons. The predicted octanol–water partition coefficient (Wildman–Crippen LogP) is 6.89. The SMILES string of the molecule is N=C1O[C@@H](c2ccc([N+](=O)[O-])cc2)C(=N/Nc2cccc3ccccc23)/C1=N\Nc1cccc2ccccc12. The predicted molar refractivity (Wildman–Crippen MR) is 155 cm³/mol. The molecule has 9 heteroatoms. The first-order chi connectivity index (χ1) is 19.1. The van der Waals surface area contributed by atoms with Crippen LogP contribution in [0.1, 0.15) is 11.7 Å². The highest BCUT2D eigenvalue weighted by atomic mass is 16.6. The lowest BCUT2D eigenvalue weighted by Crippen LogP contribution is -2.19. The number of ether oxygens (including phenoxy) is 1. The van der Waals surface area contributed by atoms with Crippen molar-refractivity contribution in [3.8, 4) is 0 Å². The Bertz CT molecular complexity index is 1790. The van der Waals surface area contributed by atoms with Crippen molar-refractivity contribution < 1.29 is 9.66 Å². The molecule has 0 unspecified atom stereocenters. The molecule has 6 rings (SSSR count). The zero-order valence-electron chi connectivity index (χ0n) is 20.5. The van der Waals surface area contributed by atoms with Gasteiger partial charge in [0.15, 0.2) is 11.8 Å². The highest BCUT2D eigenvalue weighted by molar-refractivity contribution is 6.69. The van der Waals surface area contributed by atoms with E-state index in [1.807, 2.05) is 84.9 Å². The van der Waals surface area contributed by atoms with Gasteiger partial charge in [0.2, 0.25) is 5.90 Å². The van der Waals surface area contributed by atoms with Crippen LogP contribution >= 0.6 is 0 Å². The minimum absolute atomic E-state index is 0.0364. The van der Waals surface area contributed by atoms with Crippen LogP contribution in [0.5, 0.6) is 0 Å². The Morgan fingerprint density at radius 2 is 1.26 bits per heavy atom. The van der Waals surface area contributed by atoms with E-state index in [1.54, 1.807) is 12.1 Å². The lowest BCUT2D eigenvalue weighted by Gasteiger charge is -2.12. The number of hydrogen-bond donors (Lipinski definition) is 3. The van der Waals surface area contributed by atoms with Crippen LogP contribution in [0.25, 0.3) is 21.5 Å². The second-order valence-corrected chi connectivity index (χ2v) is 8.91. The Morgan fingerprint density at radius 1 is 0.718 bits per heavy atom. The highest BCUT2D eigenvalue weighted by Crippen LogP contribution is 2.30. The van der Waals surface area contributed by atoms with Crippen LogP contribution in [-0.2, 0) is 4.74 Å². The summed E-state index contributed by atoms with van der Waals surface area (Å²) in [4.78, 5) is 10.7. The third-order valence-electron chi connectivity index (χ3n) is 6.51. The molecular formula is C30H22N6O3. The molecule has 3 N–H and O–H groups in total. The van der Waals surface area contributed by atoms with Crippen LogP contribution in [0.2, 0.25) is 0 Å². The van der Waals surface area contributed by atoms with Crippen molar-refractivity contribution in [2.75, 3.05) is 10.9 Å². The second kappa shape index (κ2) is 10.1. The Kier molecular flexibility index (Phi) is 6.14. The number of anilines is 2. The van der Waals surface area contributed by atoms with Gasteiger partial charge in [-0.2, -0.15) is 10.2 Å². The topological polar surface area (TPSA) is 125 Å². The lowest BCUT2D eigenvalue weighted by atomic mass is 10.0.